The van der Waals surface area contributed by atoms with Crippen LogP contribution in [0.1, 0.15) is 181 Å². The second-order valence-corrected chi connectivity index (χ2v) is 14.8. The smallest absolute Gasteiger partial charge is 0.306 e. The average Bonchev–Trinajstić information content (AvgIpc) is 3.23. The second-order valence-electron chi connectivity index (χ2n) is 14.8. The third-order valence-electron chi connectivity index (χ3n) is 9.25. The zero-order valence-corrected chi connectivity index (χ0v) is 37.6. The largest absolute Gasteiger partial charge is 0.481 e. The van der Waals surface area contributed by atoms with Crippen molar-refractivity contribution in [1.29, 1.82) is 0 Å². The van der Waals surface area contributed by atoms with Crippen molar-refractivity contribution in [2.75, 3.05) is 40.6 Å². The standard InChI is InChI=1S/C43H72O8.C5H12O3/c1-3-5-7-9-11-13-15-17-19-21-23-25-27-29-31-33-41(46)49-37-39(38-50-42(47)36-35-40(44)45)51-43(48)34-32-30-28-26-24-22-20-18-16-14-12-10-8-6-4-2;1-7-4-5(3-6)8-2/h11-14,17-20,39H,3-10,15-16,21-38H2,1-2H3,(H,44,45);5-6H,3-4H2,1-2H3/b13-11-,14-12-,19-17-,20-18-;. The summed E-state index contributed by atoms with van der Waals surface area (Å²) in [5.41, 5.74) is 0. The third-order valence-corrected chi connectivity index (χ3v) is 9.25. The zero-order chi connectivity index (χ0) is 43.9. The van der Waals surface area contributed by atoms with Gasteiger partial charge in [0.05, 0.1) is 26.1 Å². The van der Waals surface area contributed by atoms with Gasteiger partial charge in [-0.3, -0.25) is 19.2 Å². The van der Waals surface area contributed by atoms with E-state index in [1.807, 2.05) is 0 Å². The molecule has 2 atom stereocenters. The van der Waals surface area contributed by atoms with Crippen LogP contribution < -0.4 is 0 Å². The minimum atomic E-state index is -1.10. The van der Waals surface area contributed by atoms with E-state index in [2.05, 4.69) is 62.5 Å². The SMILES string of the molecule is CCCCC/C=C\C/C=C\CCCCCCCC(=O)OCC(COC(=O)CCC(=O)O)OC(=O)CCCCCCC/C=C\C/C=C\CCCCC.COCC(CO)OC. The summed E-state index contributed by atoms with van der Waals surface area (Å²) in [5, 5.41) is 17.2. The van der Waals surface area contributed by atoms with Gasteiger partial charge in [0.1, 0.15) is 19.3 Å². The van der Waals surface area contributed by atoms with Gasteiger partial charge in [0.15, 0.2) is 6.10 Å². The summed E-state index contributed by atoms with van der Waals surface area (Å²) in [5.74, 6) is -2.62. The first kappa shape index (κ1) is 57.8. The average molecular weight is 837 g/mol. The van der Waals surface area contributed by atoms with Gasteiger partial charge < -0.3 is 33.9 Å². The van der Waals surface area contributed by atoms with Gasteiger partial charge in [-0.1, -0.05) is 127 Å². The topological polar surface area (TPSA) is 155 Å². The summed E-state index contributed by atoms with van der Waals surface area (Å²) >= 11 is 0. The van der Waals surface area contributed by atoms with Crippen LogP contribution in [0.3, 0.4) is 0 Å². The summed E-state index contributed by atoms with van der Waals surface area (Å²) in [4.78, 5) is 47.5. The molecule has 11 nitrogen and oxygen atoms in total. The molecule has 0 fully saturated rings. The lowest BCUT2D eigenvalue weighted by molar-refractivity contribution is -0.167. The Labute approximate surface area is 358 Å². The Morgan fingerprint density at radius 3 is 1.27 bits per heavy atom. The number of aliphatic hydroxyl groups excluding tert-OH is 1. The molecule has 0 aromatic carbocycles. The van der Waals surface area contributed by atoms with Gasteiger partial charge in [0.25, 0.3) is 0 Å². The Kier molecular flexibility index (Phi) is 46.4. The summed E-state index contributed by atoms with van der Waals surface area (Å²) in [7, 11) is 3.11. The van der Waals surface area contributed by atoms with Gasteiger partial charge in [-0.05, 0) is 77.0 Å². The van der Waals surface area contributed by atoms with E-state index in [-0.39, 0.29) is 57.6 Å². The van der Waals surface area contributed by atoms with E-state index >= 15 is 0 Å². The van der Waals surface area contributed by atoms with Crippen LogP contribution in [-0.4, -0.2) is 86.9 Å². The maximum absolute atomic E-state index is 12.5. The van der Waals surface area contributed by atoms with Crippen molar-refractivity contribution in [3.8, 4) is 0 Å². The maximum atomic E-state index is 12.5. The number of allylic oxidation sites excluding steroid dienone is 8. The Hall–Kier alpha value is -3.28. The van der Waals surface area contributed by atoms with E-state index in [1.165, 1.54) is 51.4 Å². The van der Waals surface area contributed by atoms with Crippen molar-refractivity contribution in [3.05, 3.63) is 48.6 Å². The van der Waals surface area contributed by atoms with E-state index in [0.29, 0.717) is 13.0 Å². The first-order chi connectivity index (χ1) is 28.7. The first-order valence-electron chi connectivity index (χ1n) is 22.7. The van der Waals surface area contributed by atoms with Gasteiger partial charge in [-0.15, -0.1) is 0 Å². The molecule has 0 spiro atoms. The van der Waals surface area contributed by atoms with Crippen LogP contribution in [0, 0.1) is 0 Å². The molecule has 0 radical (unpaired) electrons. The molecule has 0 amide bonds. The minimum Gasteiger partial charge on any atom is -0.481 e. The molecular weight excluding hydrogens is 753 g/mol. The van der Waals surface area contributed by atoms with E-state index in [9.17, 15) is 19.2 Å². The molecular formula is C48H84O11. The van der Waals surface area contributed by atoms with Crippen molar-refractivity contribution in [3.63, 3.8) is 0 Å². The van der Waals surface area contributed by atoms with Crippen LogP contribution >= 0.6 is 0 Å². The molecule has 0 aliphatic carbocycles. The van der Waals surface area contributed by atoms with E-state index in [0.717, 1.165) is 83.5 Å². The number of hydrogen-bond acceptors (Lipinski definition) is 10. The monoisotopic (exact) mass is 837 g/mol. The fourth-order valence-electron chi connectivity index (χ4n) is 5.63. The molecule has 0 heterocycles. The van der Waals surface area contributed by atoms with E-state index < -0.39 is 24.0 Å². The molecule has 2 N–H and O–H groups in total. The maximum Gasteiger partial charge on any atom is 0.306 e. The van der Waals surface area contributed by atoms with Crippen LogP contribution in [0.2, 0.25) is 0 Å². The number of hydrogen-bond donors (Lipinski definition) is 2. The van der Waals surface area contributed by atoms with Crippen LogP contribution in [-0.2, 0) is 42.9 Å². The van der Waals surface area contributed by atoms with E-state index in [4.69, 9.17) is 33.9 Å². The third kappa shape index (κ3) is 47.3. The Morgan fingerprint density at radius 2 is 0.881 bits per heavy atom. The summed E-state index contributed by atoms with van der Waals surface area (Å²) in [6.45, 7) is 4.41. The summed E-state index contributed by atoms with van der Waals surface area (Å²) < 4.78 is 25.4. The molecule has 0 aromatic rings. The second kappa shape index (κ2) is 47.4. The molecule has 11 heteroatoms. The lowest BCUT2D eigenvalue weighted by Crippen LogP contribution is -2.31. The number of rotatable bonds is 40. The highest BCUT2D eigenvalue weighted by atomic mass is 16.6. The van der Waals surface area contributed by atoms with Gasteiger partial charge in [0, 0.05) is 27.1 Å². The van der Waals surface area contributed by atoms with Gasteiger partial charge in [-0.25, -0.2) is 0 Å². The number of carboxylic acid groups (broad SMARTS) is 1. The minimum absolute atomic E-state index is 0.0182. The fourth-order valence-corrected chi connectivity index (χ4v) is 5.63. The number of aliphatic carboxylic acids is 1. The van der Waals surface area contributed by atoms with Crippen molar-refractivity contribution in [2.24, 2.45) is 0 Å². The molecule has 0 aromatic heterocycles. The van der Waals surface area contributed by atoms with Crippen LogP contribution in [0.25, 0.3) is 0 Å². The van der Waals surface area contributed by atoms with Gasteiger partial charge >= 0.3 is 23.9 Å². The molecule has 2 unspecified atom stereocenters. The molecule has 0 bridgehead atoms. The molecule has 59 heavy (non-hydrogen) atoms. The molecule has 342 valence electrons. The van der Waals surface area contributed by atoms with Crippen LogP contribution in [0.5, 0.6) is 0 Å². The van der Waals surface area contributed by atoms with Crippen molar-refractivity contribution in [2.45, 2.75) is 193 Å². The van der Waals surface area contributed by atoms with Gasteiger partial charge in [0.2, 0.25) is 0 Å². The first-order valence-corrected chi connectivity index (χ1v) is 22.7. The Morgan fingerprint density at radius 1 is 0.475 bits per heavy atom. The summed E-state index contributed by atoms with van der Waals surface area (Å²) in [6, 6.07) is 0. The van der Waals surface area contributed by atoms with Crippen LogP contribution in [0.4, 0.5) is 0 Å². The van der Waals surface area contributed by atoms with Crippen molar-refractivity contribution in [1.82, 2.24) is 0 Å². The number of methoxy groups -OCH3 is 2. The number of aliphatic hydroxyl groups is 1. The van der Waals surface area contributed by atoms with Crippen molar-refractivity contribution >= 4 is 23.9 Å². The Bertz CT molecular complexity index is 1090. The number of esters is 3. The lowest BCUT2D eigenvalue weighted by Gasteiger charge is -2.18. The van der Waals surface area contributed by atoms with Crippen molar-refractivity contribution < 1.29 is 53.1 Å². The zero-order valence-electron chi connectivity index (χ0n) is 37.6. The molecule has 0 aliphatic heterocycles. The lowest BCUT2D eigenvalue weighted by atomic mass is 10.1. The van der Waals surface area contributed by atoms with Crippen LogP contribution in [0.15, 0.2) is 48.6 Å². The Balaban J connectivity index is 0. The highest BCUT2D eigenvalue weighted by molar-refractivity contribution is 5.76. The summed E-state index contributed by atoms with van der Waals surface area (Å²) in [6.07, 6.45) is 40.7. The number of carbonyl (C=O) groups is 4. The predicted molar refractivity (Wildman–Crippen MR) is 237 cm³/mol. The van der Waals surface area contributed by atoms with Gasteiger partial charge in [-0.2, -0.15) is 0 Å². The predicted octanol–water partition coefficient (Wildman–Crippen LogP) is 11.1. The molecule has 0 rings (SSSR count). The number of carboxylic acids is 1. The number of unbranched alkanes of at least 4 members (excludes halogenated alkanes) is 16. The fraction of sp³-hybridized carbons (Fsp3) is 0.750. The number of carbonyl (C=O) groups excluding carboxylic acids is 3. The normalized spacial score (nSPS) is 12.6. The molecule has 0 aliphatic rings. The van der Waals surface area contributed by atoms with E-state index in [1.54, 1.807) is 14.2 Å². The molecule has 0 saturated heterocycles. The number of ether oxygens (including phenoxy) is 5. The highest BCUT2D eigenvalue weighted by Gasteiger charge is 2.20. The highest BCUT2D eigenvalue weighted by Crippen LogP contribution is 2.12. The quantitative estimate of drug-likeness (QED) is 0.0262. The molecule has 0 saturated carbocycles.